The number of hydrogen-bond acceptors (Lipinski definition) is 9. The maximum atomic E-state index is 12.2. The van der Waals surface area contributed by atoms with Crippen molar-refractivity contribution in [2.75, 3.05) is 60.6 Å². The van der Waals surface area contributed by atoms with Gasteiger partial charge in [-0.1, -0.05) is 41.9 Å². The number of methoxy groups -OCH3 is 1. The summed E-state index contributed by atoms with van der Waals surface area (Å²) in [6.07, 6.45) is 3.40. The van der Waals surface area contributed by atoms with Gasteiger partial charge in [-0.25, -0.2) is 15.0 Å². The molecule has 3 heterocycles. The Labute approximate surface area is 236 Å². The fourth-order valence-corrected chi connectivity index (χ4v) is 5.05. The number of hydrogen-bond donors (Lipinski definition) is 2. The van der Waals surface area contributed by atoms with Gasteiger partial charge in [0.2, 0.25) is 5.91 Å². The Kier molecular flexibility index (Phi) is 8.37. The fraction of sp³-hybridized carbons (Fsp3) is 0.296. The third-order valence-electron chi connectivity index (χ3n) is 6.50. The van der Waals surface area contributed by atoms with Crippen molar-refractivity contribution in [1.29, 1.82) is 0 Å². The molecule has 2 N–H and O–H groups in total. The van der Waals surface area contributed by atoms with E-state index >= 15 is 0 Å². The zero-order valence-corrected chi connectivity index (χ0v) is 22.8. The van der Waals surface area contributed by atoms with E-state index in [1.165, 1.54) is 12.4 Å². The standard InChI is InChI=1S/C27H28Cl2N6O4/c1-3-26(36)33-19-13-20(23(37-2)14-22(19)34-8-11-38-12-9-34)32-24-15-25(31-16-30-24)35-21(7-10-39-35)17-5-4-6-18(28)27(17)29/h3-6,13-16,21H,1,7-12H2,2H3,(H,33,36)(H,30,31,32)/t21-/m1/s1. The van der Waals surface area contributed by atoms with Crippen LogP contribution in [-0.2, 0) is 14.4 Å². The predicted molar refractivity (Wildman–Crippen MR) is 152 cm³/mol. The van der Waals surface area contributed by atoms with Gasteiger partial charge >= 0.3 is 0 Å². The number of anilines is 5. The molecule has 2 aromatic carbocycles. The summed E-state index contributed by atoms with van der Waals surface area (Å²) in [4.78, 5) is 29.1. The minimum absolute atomic E-state index is 0.165. The molecular weight excluding hydrogens is 543 g/mol. The van der Waals surface area contributed by atoms with Crippen LogP contribution in [0.1, 0.15) is 18.0 Å². The second kappa shape index (κ2) is 12.1. The highest BCUT2D eigenvalue weighted by atomic mass is 35.5. The quantitative estimate of drug-likeness (QED) is 0.345. The van der Waals surface area contributed by atoms with Crippen molar-refractivity contribution in [3.05, 3.63) is 71.0 Å². The number of hydroxylamine groups is 1. The zero-order chi connectivity index (χ0) is 27.4. The third kappa shape index (κ3) is 5.89. The summed E-state index contributed by atoms with van der Waals surface area (Å²) >= 11 is 12.8. The van der Waals surface area contributed by atoms with Crippen LogP contribution in [-0.4, -0.2) is 55.9 Å². The van der Waals surface area contributed by atoms with Crippen LogP contribution in [0.5, 0.6) is 5.75 Å². The Morgan fingerprint density at radius 2 is 1.97 bits per heavy atom. The topological polar surface area (TPSA) is 101 Å². The first-order valence-corrected chi connectivity index (χ1v) is 13.2. The average molecular weight is 571 g/mol. The third-order valence-corrected chi connectivity index (χ3v) is 7.33. The highest BCUT2D eigenvalue weighted by Crippen LogP contribution is 2.41. The van der Waals surface area contributed by atoms with Crippen LogP contribution in [0.3, 0.4) is 0 Å². The molecule has 0 bridgehead atoms. The molecule has 2 aliphatic rings. The SMILES string of the molecule is C=CC(=O)Nc1cc(Nc2cc(N3OCC[C@@H]3c3cccc(Cl)c3Cl)ncn2)c(OC)cc1N1CCOCC1. The van der Waals surface area contributed by atoms with Crippen molar-refractivity contribution in [3.63, 3.8) is 0 Å². The predicted octanol–water partition coefficient (Wildman–Crippen LogP) is 5.38. The number of amides is 1. The molecule has 1 amide bonds. The van der Waals surface area contributed by atoms with Gasteiger partial charge in [0.05, 0.1) is 60.1 Å². The van der Waals surface area contributed by atoms with Gasteiger partial charge in [0, 0.05) is 31.6 Å². The molecule has 12 heteroatoms. The summed E-state index contributed by atoms with van der Waals surface area (Å²) in [6, 6.07) is 10.9. The highest BCUT2D eigenvalue weighted by Gasteiger charge is 2.31. The molecular formula is C27H28Cl2N6O4. The molecule has 1 atom stereocenters. The summed E-state index contributed by atoms with van der Waals surface area (Å²) in [5.74, 6) is 1.32. The minimum Gasteiger partial charge on any atom is -0.494 e. The second-order valence-electron chi connectivity index (χ2n) is 8.86. The van der Waals surface area contributed by atoms with Gasteiger partial charge < -0.3 is 25.0 Å². The molecule has 2 aliphatic heterocycles. The van der Waals surface area contributed by atoms with Crippen molar-refractivity contribution in [2.45, 2.75) is 12.5 Å². The van der Waals surface area contributed by atoms with Gasteiger partial charge in [-0.3, -0.25) is 9.63 Å². The molecule has 2 fully saturated rings. The van der Waals surface area contributed by atoms with E-state index in [2.05, 4.69) is 32.1 Å². The van der Waals surface area contributed by atoms with Crippen LogP contribution in [0.25, 0.3) is 0 Å². The second-order valence-corrected chi connectivity index (χ2v) is 9.64. The summed E-state index contributed by atoms with van der Waals surface area (Å²) < 4.78 is 11.2. The number of nitrogens with one attached hydrogen (secondary N) is 2. The van der Waals surface area contributed by atoms with Crippen molar-refractivity contribution in [2.24, 2.45) is 0 Å². The minimum atomic E-state index is -0.318. The van der Waals surface area contributed by atoms with Crippen molar-refractivity contribution in [3.8, 4) is 5.75 Å². The van der Waals surface area contributed by atoms with E-state index in [1.54, 1.807) is 24.3 Å². The van der Waals surface area contributed by atoms with Gasteiger partial charge in [-0.2, -0.15) is 0 Å². The molecule has 204 valence electrons. The number of morpholine rings is 1. The van der Waals surface area contributed by atoms with E-state index in [1.807, 2.05) is 24.3 Å². The number of aromatic nitrogens is 2. The Bertz CT molecular complexity index is 1370. The van der Waals surface area contributed by atoms with Crippen LogP contribution < -0.4 is 25.3 Å². The summed E-state index contributed by atoms with van der Waals surface area (Å²) in [5, 5.41) is 8.90. The summed E-state index contributed by atoms with van der Waals surface area (Å²) in [5.41, 5.74) is 2.90. The van der Waals surface area contributed by atoms with E-state index in [0.717, 1.165) is 17.7 Å². The van der Waals surface area contributed by atoms with E-state index in [0.29, 0.717) is 71.7 Å². The van der Waals surface area contributed by atoms with Crippen LogP contribution in [0.15, 0.2) is 55.4 Å². The van der Waals surface area contributed by atoms with Gasteiger partial charge in [0.25, 0.3) is 0 Å². The van der Waals surface area contributed by atoms with Crippen molar-refractivity contribution >= 4 is 57.8 Å². The first-order valence-electron chi connectivity index (χ1n) is 12.4. The fourth-order valence-electron chi connectivity index (χ4n) is 4.61. The molecule has 0 spiro atoms. The van der Waals surface area contributed by atoms with E-state index in [9.17, 15) is 4.79 Å². The van der Waals surface area contributed by atoms with Crippen LogP contribution in [0.4, 0.5) is 28.7 Å². The summed E-state index contributed by atoms with van der Waals surface area (Å²) in [7, 11) is 1.59. The molecule has 0 saturated carbocycles. The first-order chi connectivity index (χ1) is 19.0. The Morgan fingerprint density at radius 1 is 1.15 bits per heavy atom. The molecule has 39 heavy (non-hydrogen) atoms. The van der Waals surface area contributed by atoms with E-state index < -0.39 is 0 Å². The molecule has 5 rings (SSSR count). The number of ether oxygens (including phenoxy) is 2. The van der Waals surface area contributed by atoms with E-state index in [4.69, 9.17) is 37.5 Å². The van der Waals surface area contributed by atoms with Gasteiger partial charge in [0.15, 0.2) is 5.82 Å². The monoisotopic (exact) mass is 570 g/mol. The molecule has 0 aliphatic carbocycles. The number of carbonyl (C=O) groups is 1. The molecule has 2 saturated heterocycles. The highest BCUT2D eigenvalue weighted by molar-refractivity contribution is 6.42. The largest absolute Gasteiger partial charge is 0.494 e. The van der Waals surface area contributed by atoms with Crippen molar-refractivity contribution < 1.29 is 19.1 Å². The smallest absolute Gasteiger partial charge is 0.247 e. The maximum absolute atomic E-state index is 12.2. The number of halogens is 2. The first kappa shape index (κ1) is 27.0. The number of carbonyl (C=O) groups excluding carboxylic acids is 1. The molecule has 10 nitrogen and oxygen atoms in total. The average Bonchev–Trinajstić information content (AvgIpc) is 3.45. The number of nitrogens with zero attached hydrogens (tertiary/aromatic N) is 4. The van der Waals surface area contributed by atoms with E-state index in [-0.39, 0.29) is 11.9 Å². The lowest BCUT2D eigenvalue weighted by atomic mass is 10.0. The zero-order valence-electron chi connectivity index (χ0n) is 21.3. The maximum Gasteiger partial charge on any atom is 0.247 e. The Balaban J connectivity index is 1.45. The van der Waals surface area contributed by atoms with Crippen LogP contribution in [0.2, 0.25) is 10.0 Å². The lowest BCUT2D eigenvalue weighted by Gasteiger charge is -2.31. The van der Waals surface area contributed by atoms with Gasteiger partial charge in [-0.05, 0) is 23.8 Å². The lowest BCUT2D eigenvalue weighted by Crippen LogP contribution is -2.36. The van der Waals surface area contributed by atoms with Crippen molar-refractivity contribution in [1.82, 2.24) is 9.97 Å². The number of benzene rings is 2. The summed E-state index contributed by atoms with van der Waals surface area (Å²) in [6.45, 7) is 6.65. The van der Waals surface area contributed by atoms with Crippen LogP contribution in [0, 0.1) is 0 Å². The Morgan fingerprint density at radius 3 is 2.74 bits per heavy atom. The van der Waals surface area contributed by atoms with Gasteiger partial charge in [-0.15, -0.1) is 0 Å². The normalized spacial score (nSPS) is 17.2. The Hall–Kier alpha value is -3.57. The molecule has 3 aromatic rings. The molecule has 1 aromatic heterocycles. The van der Waals surface area contributed by atoms with Gasteiger partial charge in [0.1, 0.15) is 17.9 Å². The molecule has 0 radical (unpaired) electrons. The molecule has 0 unspecified atom stereocenters. The number of rotatable bonds is 8. The lowest BCUT2D eigenvalue weighted by molar-refractivity contribution is -0.111. The van der Waals surface area contributed by atoms with Crippen LogP contribution >= 0.6 is 23.2 Å².